The van der Waals surface area contributed by atoms with E-state index in [0.717, 1.165) is 30.9 Å². The fourth-order valence-electron chi connectivity index (χ4n) is 4.01. The molecule has 1 aromatic carbocycles. The van der Waals surface area contributed by atoms with E-state index in [1.54, 1.807) is 7.11 Å². The number of nitrogens with one attached hydrogen (secondary N) is 1. The smallest absolute Gasteiger partial charge is 0.241 e. The molecular weight excluding hydrogens is 346 g/mol. The van der Waals surface area contributed by atoms with Crippen LogP contribution in [0.1, 0.15) is 26.2 Å². The van der Waals surface area contributed by atoms with E-state index in [-0.39, 0.29) is 11.9 Å². The van der Waals surface area contributed by atoms with Crippen LogP contribution in [0.3, 0.4) is 0 Å². The molecule has 1 N–H and O–H groups in total. The number of nitrogens with zero attached hydrogens (tertiary/aromatic N) is 2. The minimum absolute atomic E-state index is 0.0463. The quantitative estimate of drug-likeness (QED) is 0.826. The van der Waals surface area contributed by atoms with Crippen LogP contribution in [-0.4, -0.2) is 72.6 Å². The van der Waals surface area contributed by atoms with Crippen LogP contribution in [0.4, 0.5) is 5.69 Å². The summed E-state index contributed by atoms with van der Waals surface area (Å²) in [5.41, 5.74) is 0.829. The third-order valence-electron chi connectivity index (χ3n) is 5.55. The van der Waals surface area contributed by atoms with Crippen molar-refractivity contribution in [2.24, 2.45) is 0 Å². The van der Waals surface area contributed by atoms with Crippen molar-refractivity contribution in [3.8, 4) is 5.75 Å². The number of benzene rings is 1. The third kappa shape index (κ3) is 4.93. The van der Waals surface area contributed by atoms with Crippen LogP contribution in [0.15, 0.2) is 24.3 Å². The highest BCUT2D eigenvalue weighted by molar-refractivity contribution is 7.99. The number of likely N-dealkylation sites (tertiary alicyclic amines) is 1. The first-order chi connectivity index (χ1) is 12.7. The molecule has 2 saturated heterocycles. The van der Waals surface area contributed by atoms with Gasteiger partial charge in [0.2, 0.25) is 5.91 Å². The highest BCUT2D eigenvalue weighted by Crippen LogP contribution is 2.23. The predicted octanol–water partition coefficient (Wildman–Crippen LogP) is 2.93. The summed E-state index contributed by atoms with van der Waals surface area (Å²) in [4.78, 5) is 17.8. The second kappa shape index (κ2) is 9.62. The van der Waals surface area contributed by atoms with E-state index in [4.69, 9.17) is 4.74 Å². The molecule has 0 spiro atoms. The Labute approximate surface area is 161 Å². The zero-order valence-electron chi connectivity index (χ0n) is 15.9. The number of amides is 1. The molecule has 0 bridgehead atoms. The number of rotatable bonds is 6. The normalized spacial score (nSPS) is 21.3. The van der Waals surface area contributed by atoms with Gasteiger partial charge in [0.15, 0.2) is 0 Å². The summed E-state index contributed by atoms with van der Waals surface area (Å²) in [5, 5.41) is 3.07. The number of piperidine rings is 1. The Bertz CT molecular complexity index is 567. The minimum Gasteiger partial charge on any atom is -0.497 e. The van der Waals surface area contributed by atoms with Gasteiger partial charge in [-0.05, 0) is 43.5 Å². The average Bonchev–Trinajstić information content (AvgIpc) is 2.70. The van der Waals surface area contributed by atoms with Gasteiger partial charge in [0, 0.05) is 49.4 Å². The van der Waals surface area contributed by atoms with Gasteiger partial charge in [0.25, 0.3) is 0 Å². The van der Waals surface area contributed by atoms with E-state index in [9.17, 15) is 4.79 Å². The molecule has 2 aliphatic rings. The summed E-state index contributed by atoms with van der Waals surface area (Å²) in [6.45, 7) is 6.59. The monoisotopic (exact) mass is 377 g/mol. The van der Waals surface area contributed by atoms with Crippen molar-refractivity contribution in [3.05, 3.63) is 24.3 Å². The van der Waals surface area contributed by atoms with Crippen LogP contribution in [0, 0.1) is 0 Å². The summed E-state index contributed by atoms with van der Waals surface area (Å²) in [6.07, 6.45) is 3.20. The zero-order chi connectivity index (χ0) is 18.4. The topological polar surface area (TPSA) is 44.8 Å². The molecule has 0 unspecified atom stereocenters. The molecular formula is C20H31N3O2S. The maximum absolute atomic E-state index is 12.8. The Kier molecular flexibility index (Phi) is 7.23. The van der Waals surface area contributed by atoms with E-state index in [1.165, 1.54) is 37.4 Å². The number of hydrogen-bond acceptors (Lipinski definition) is 5. The average molecular weight is 378 g/mol. The summed E-state index contributed by atoms with van der Waals surface area (Å²) in [7, 11) is 1.65. The van der Waals surface area contributed by atoms with Gasteiger partial charge in [-0.2, -0.15) is 11.8 Å². The van der Waals surface area contributed by atoms with E-state index < -0.39 is 0 Å². The molecule has 1 aromatic rings. The zero-order valence-corrected chi connectivity index (χ0v) is 16.8. The number of carbonyl (C=O) groups excluding carboxylic acids is 1. The van der Waals surface area contributed by atoms with Crippen molar-refractivity contribution in [2.45, 2.75) is 38.3 Å². The molecule has 1 atom stereocenters. The highest BCUT2D eigenvalue weighted by Gasteiger charge is 2.31. The van der Waals surface area contributed by atoms with Crippen molar-refractivity contribution in [1.82, 2.24) is 9.80 Å². The predicted molar refractivity (Wildman–Crippen MR) is 109 cm³/mol. The molecule has 2 fully saturated rings. The van der Waals surface area contributed by atoms with Crippen molar-refractivity contribution < 1.29 is 9.53 Å². The number of ether oxygens (including phenoxy) is 1. The van der Waals surface area contributed by atoms with Gasteiger partial charge in [-0.25, -0.2) is 0 Å². The van der Waals surface area contributed by atoms with Gasteiger partial charge in [-0.1, -0.05) is 6.92 Å². The number of thioether (sulfide) groups is 1. The number of carbonyl (C=O) groups is 1. The lowest BCUT2D eigenvalue weighted by Gasteiger charge is -2.42. The highest BCUT2D eigenvalue weighted by atomic mass is 32.2. The van der Waals surface area contributed by atoms with Crippen LogP contribution in [0.5, 0.6) is 5.75 Å². The van der Waals surface area contributed by atoms with Crippen molar-refractivity contribution in [1.29, 1.82) is 0 Å². The molecule has 0 radical (unpaired) electrons. The van der Waals surface area contributed by atoms with Gasteiger partial charge in [-0.15, -0.1) is 0 Å². The van der Waals surface area contributed by atoms with Crippen molar-refractivity contribution in [3.63, 3.8) is 0 Å². The van der Waals surface area contributed by atoms with Crippen LogP contribution in [0.25, 0.3) is 0 Å². The molecule has 0 saturated carbocycles. The summed E-state index contributed by atoms with van der Waals surface area (Å²) >= 11 is 2.07. The lowest BCUT2D eigenvalue weighted by molar-refractivity contribution is -0.122. The molecule has 5 nitrogen and oxygen atoms in total. The van der Waals surface area contributed by atoms with Crippen LogP contribution in [0.2, 0.25) is 0 Å². The molecule has 144 valence electrons. The first-order valence-corrected chi connectivity index (χ1v) is 10.9. The largest absolute Gasteiger partial charge is 0.497 e. The molecule has 2 heterocycles. The Morgan fingerprint density at radius 1 is 1.19 bits per heavy atom. The molecule has 2 aliphatic heterocycles. The molecule has 1 amide bonds. The third-order valence-corrected chi connectivity index (χ3v) is 6.49. The summed E-state index contributed by atoms with van der Waals surface area (Å²) in [6, 6.07) is 8.19. The second-order valence-electron chi connectivity index (χ2n) is 7.06. The minimum atomic E-state index is -0.0463. The maximum Gasteiger partial charge on any atom is 0.241 e. The molecule has 26 heavy (non-hydrogen) atoms. The number of hydrogen-bond donors (Lipinski definition) is 1. The Balaban J connectivity index is 1.52. The summed E-state index contributed by atoms with van der Waals surface area (Å²) in [5.74, 6) is 3.43. The van der Waals surface area contributed by atoms with Gasteiger partial charge in [0.05, 0.1) is 13.2 Å². The lowest BCUT2D eigenvalue weighted by atomic mass is 10.00. The fourth-order valence-corrected chi connectivity index (χ4v) is 4.95. The fraction of sp³-hybridized carbons (Fsp3) is 0.650. The Morgan fingerprint density at radius 2 is 1.85 bits per heavy atom. The summed E-state index contributed by atoms with van der Waals surface area (Å²) < 4.78 is 5.17. The van der Waals surface area contributed by atoms with Gasteiger partial charge >= 0.3 is 0 Å². The van der Waals surface area contributed by atoms with Gasteiger partial charge in [-0.3, -0.25) is 14.6 Å². The molecule has 3 rings (SSSR count). The van der Waals surface area contributed by atoms with Crippen molar-refractivity contribution >= 4 is 23.4 Å². The Morgan fingerprint density at radius 3 is 2.42 bits per heavy atom. The van der Waals surface area contributed by atoms with Gasteiger partial charge < -0.3 is 10.1 Å². The molecule has 6 heteroatoms. The molecule has 0 aliphatic carbocycles. The van der Waals surface area contributed by atoms with E-state index >= 15 is 0 Å². The van der Waals surface area contributed by atoms with Gasteiger partial charge in [0.1, 0.15) is 5.75 Å². The second-order valence-corrected chi connectivity index (χ2v) is 8.28. The Hall–Kier alpha value is -1.24. The SMILES string of the molecule is CC[C@H](C(=O)Nc1ccc(OC)cc1)N1CCC(N2CCSCC2)CC1. The van der Waals surface area contributed by atoms with Crippen LogP contribution >= 0.6 is 11.8 Å². The van der Waals surface area contributed by atoms with Crippen LogP contribution in [-0.2, 0) is 4.79 Å². The maximum atomic E-state index is 12.8. The van der Waals surface area contributed by atoms with E-state index in [1.807, 2.05) is 24.3 Å². The number of methoxy groups -OCH3 is 1. The first-order valence-electron chi connectivity index (χ1n) is 9.72. The lowest BCUT2D eigenvalue weighted by Crippen LogP contribution is -2.52. The first kappa shape index (κ1) is 19.5. The number of anilines is 1. The van der Waals surface area contributed by atoms with E-state index in [2.05, 4.69) is 33.8 Å². The van der Waals surface area contributed by atoms with E-state index in [0.29, 0.717) is 6.04 Å². The van der Waals surface area contributed by atoms with Crippen LogP contribution < -0.4 is 10.1 Å². The van der Waals surface area contributed by atoms with Crippen molar-refractivity contribution in [2.75, 3.05) is 50.1 Å². The molecule has 0 aromatic heterocycles. The standard InChI is InChI=1S/C20H31N3O2S/c1-3-19(20(24)21-16-4-6-18(25-2)7-5-16)23-10-8-17(9-11-23)22-12-14-26-15-13-22/h4-7,17,19H,3,8-15H2,1-2H3,(H,21,24)/t19-/m1/s1.